The van der Waals surface area contributed by atoms with Crippen molar-refractivity contribution in [2.45, 2.75) is 52.1 Å². The number of piperidine rings is 1. The molecule has 0 saturated carbocycles. The minimum atomic E-state index is -0.492. The Kier molecular flexibility index (Phi) is 5.83. The number of amides is 1. The third-order valence-electron chi connectivity index (χ3n) is 5.98. The van der Waals surface area contributed by atoms with E-state index < -0.39 is 5.60 Å². The molecule has 4 aromatic heterocycles. The summed E-state index contributed by atoms with van der Waals surface area (Å²) in [4.78, 5) is 32.1. The van der Waals surface area contributed by atoms with Gasteiger partial charge in [-0.15, -0.1) is 0 Å². The molecule has 0 atom stereocenters. The van der Waals surface area contributed by atoms with Gasteiger partial charge in [0.2, 0.25) is 0 Å². The van der Waals surface area contributed by atoms with Crippen LogP contribution >= 0.6 is 0 Å². The number of anilines is 2. The molecular formula is C24H29N9O2. The molecule has 1 aliphatic heterocycles. The number of carbonyl (C=O) groups is 1. The quantitative estimate of drug-likeness (QED) is 0.473. The molecule has 1 saturated heterocycles. The maximum atomic E-state index is 12.4. The number of imidazole rings is 1. The Bertz CT molecular complexity index is 1330. The molecule has 0 unspecified atom stereocenters. The first-order valence-electron chi connectivity index (χ1n) is 11.7. The number of rotatable bonds is 4. The second-order valence-electron chi connectivity index (χ2n) is 9.66. The predicted molar refractivity (Wildman–Crippen MR) is 130 cm³/mol. The van der Waals surface area contributed by atoms with Crippen molar-refractivity contribution in [1.82, 2.24) is 39.0 Å². The summed E-state index contributed by atoms with van der Waals surface area (Å²) >= 11 is 0. The number of nitrogens with zero attached hydrogens (tertiary/aromatic N) is 8. The SMILES string of the molecule is Cc1nc(-n2cncn2)ccc1Nc1nccn2c(C3CCN(C(=O)OC(C)(C)C)CC3)ncc12. The van der Waals surface area contributed by atoms with Crippen molar-refractivity contribution >= 4 is 23.1 Å². The highest BCUT2D eigenvalue weighted by Gasteiger charge is 2.29. The van der Waals surface area contributed by atoms with E-state index in [9.17, 15) is 4.79 Å². The molecule has 0 aliphatic carbocycles. The number of hydrogen-bond donors (Lipinski definition) is 1. The zero-order chi connectivity index (χ0) is 24.6. The topological polar surface area (TPSA) is 115 Å². The summed E-state index contributed by atoms with van der Waals surface area (Å²) in [6.07, 6.45) is 10.0. The number of nitrogens with one attached hydrogen (secondary N) is 1. The molecule has 182 valence electrons. The number of fused-ring (bicyclic) bond motifs is 1. The average molecular weight is 476 g/mol. The van der Waals surface area contributed by atoms with Gasteiger partial charge >= 0.3 is 6.09 Å². The highest BCUT2D eigenvalue weighted by Crippen LogP contribution is 2.30. The lowest BCUT2D eigenvalue weighted by Gasteiger charge is -2.33. The first kappa shape index (κ1) is 22.8. The number of carbonyl (C=O) groups excluding carboxylic acids is 1. The molecule has 11 nitrogen and oxygen atoms in total. The summed E-state index contributed by atoms with van der Waals surface area (Å²) in [7, 11) is 0. The minimum Gasteiger partial charge on any atom is -0.444 e. The predicted octanol–water partition coefficient (Wildman–Crippen LogP) is 3.87. The molecule has 35 heavy (non-hydrogen) atoms. The third kappa shape index (κ3) is 4.79. The van der Waals surface area contributed by atoms with Crippen molar-refractivity contribution in [3.63, 3.8) is 0 Å². The van der Waals surface area contributed by atoms with E-state index in [-0.39, 0.29) is 12.0 Å². The van der Waals surface area contributed by atoms with E-state index in [4.69, 9.17) is 9.72 Å². The second-order valence-corrected chi connectivity index (χ2v) is 9.66. The molecule has 1 N–H and O–H groups in total. The number of likely N-dealkylation sites (tertiary alicyclic amines) is 1. The largest absolute Gasteiger partial charge is 0.444 e. The maximum Gasteiger partial charge on any atom is 0.410 e. The number of ether oxygens (including phenoxy) is 1. The number of hydrogen-bond acceptors (Lipinski definition) is 8. The van der Waals surface area contributed by atoms with Gasteiger partial charge < -0.3 is 15.0 Å². The molecule has 1 fully saturated rings. The molecule has 5 heterocycles. The lowest BCUT2D eigenvalue weighted by Crippen LogP contribution is -2.41. The van der Waals surface area contributed by atoms with Crippen molar-refractivity contribution in [2.75, 3.05) is 18.4 Å². The van der Waals surface area contributed by atoms with Gasteiger partial charge in [-0.1, -0.05) is 0 Å². The van der Waals surface area contributed by atoms with E-state index in [1.165, 1.54) is 6.33 Å². The zero-order valence-corrected chi connectivity index (χ0v) is 20.3. The normalized spacial score (nSPS) is 14.9. The molecular weight excluding hydrogens is 446 g/mol. The number of aryl methyl sites for hydroxylation is 1. The molecule has 5 rings (SSSR count). The lowest BCUT2D eigenvalue weighted by molar-refractivity contribution is 0.0203. The molecule has 0 aromatic carbocycles. The first-order chi connectivity index (χ1) is 16.8. The van der Waals surface area contributed by atoms with Crippen LogP contribution in [0.3, 0.4) is 0 Å². The average Bonchev–Trinajstić information content (AvgIpc) is 3.50. The Morgan fingerprint density at radius 2 is 1.97 bits per heavy atom. The second kappa shape index (κ2) is 8.97. The molecule has 4 aromatic rings. The van der Waals surface area contributed by atoms with Crippen LogP contribution in [0.4, 0.5) is 16.3 Å². The van der Waals surface area contributed by atoms with Crippen LogP contribution in [0.1, 0.15) is 51.0 Å². The highest BCUT2D eigenvalue weighted by atomic mass is 16.6. The lowest BCUT2D eigenvalue weighted by atomic mass is 9.96. The molecule has 0 spiro atoms. The van der Waals surface area contributed by atoms with E-state index >= 15 is 0 Å². The van der Waals surface area contributed by atoms with Crippen LogP contribution in [-0.2, 0) is 4.74 Å². The van der Waals surface area contributed by atoms with Crippen molar-refractivity contribution in [1.29, 1.82) is 0 Å². The van der Waals surface area contributed by atoms with Crippen molar-refractivity contribution in [3.05, 3.63) is 54.9 Å². The Morgan fingerprint density at radius 3 is 2.66 bits per heavy atom. The Morgan fingerprint density at radius 1 is 1.17 bits per heavy atom. The maximum absolute atomic E-state index is 12.4. The third-order valence-corrected chi connectivity index (χ3v) is 5.98. The molecule has 1 amide bonds. The Hall–Kier alpha value is -4.02. The summed E-state index contributed by atoms with van der Waals surface area (Å²) in [5, 5.41) is 7.53. The van der Waals surface area contributed by atoms with Gasteiger partial charge in [0.1, 0.15) is 29.6 Å². The molecule has 1 aliphatic rings. The van der Waals surface area contributed by atoms with Crippen LogP contribution in [0.5, 0.6) is 0 Å². The monoisotopic (exact) mass is 475 g/mol. The van der Waals surface area contributed by atoms with E-state index in [1.54, 1.807) is 22.1 Å². The standard InChI is InChI=1S/C24H29N9O2/c1-16-18(5-6-20(29-16)33-15-25-14-28-33)30-21-19-13-27-22(32(19)12-9-26-21)17-7-10-31(11-8-17)23(34)35-24(2,3)4/h5-6,9,12-15,17H,7-8,10-11H2,1-4H3,(H,26,30). The smallest absolute Gasteiger partial charge is 0.410 e. The van der Waals surface area contributed by atoms with Crippen LogP contribution in [0.15, 0.2) is 43.4 Å². The van der Waals surface area contributed by atoms with Gasteiger partial charge in [-0.3, -0.25) is 4.40 Å². The van der Waals surface area contributed by atoms with E-state index in [0.29, 0.717) is 24.7 Å². The van der Waals surface area contributed by atoms with Gasteiger partial charge in [0.05, 0.1) is 17.6 Å². The summed E-state index contributed by atoms with van der Waals surface area (Å²) in [5.41, 5.74) is 2.06. The number of aromatic nitrogens is 7. The molecule has 11 heteroatoms. The Balaban J connectivity index is 1.32. The molecule has 0 bridgehead atoms. The fraction of sp³-hybridized carbons (Fsp3) is 0.417. The van der Waals surface area contributed by atoms with Gasteiger partial charge in [-0.25, -0.2) is 29.4 Å². The van der Waals surface area contributed by atoms with Crippen LogP contribution in [0, 0.1) is 6.92 Å². The van der Waals surface area contributed by atoms with E-state index in [1.807, 2.05) is 52.2 Å². The van der Waals surface area contributed by atoms with Gasteiger partial charge in [-0.05, 0) is 52.7 Å². The summed E-state index contributed by atoms with van der Waals surface area (Å²) in [5.74, 6) is 2.62. The van der Waals surface area contributed by atoms with Gasteiger partial charge in [0, 0.05) is 31.4 Å². The summed E-state index contributed by atoms with van der Waals surface area (Å²) in [6, 6.07) is 3.83. The van der Waals surface area contributed by atoms with Crippen molar-refractivity contribution in [3.8, 4) is 5.82 Å². The summed E-state index contributed by atoms with van der Waals surface area (Å²) < 4.78 is 9.22. The zero-order valence-electron chi connectivity index (χ0n) is 20.3. The Labute approximate surface area is 203 Å². The van der Waals surface area contributed by atoms with E-state index in [2.05, 4.69) is 29.8 Å². The molecule has 0 radical (unpaired) electrons. The van der Waals surface area contributed by atoms with Gasteiger partial charge in [0.15, 0.2) is 11.6 Å². The fourth-order valence-corrected chi connectivity index (χ4v) is 4.25. The van der Waals surface area contributed by atoms with Crippen LogP contribution in [0.25, 0.3) is 11.3 Å². The minimum absolute atomic E-state index is 0.247. The van der Waals surface area contributed by atoms with Gasteiger partial charge in [0.25, 0.3) is 0 Å². The van der Waals surface area contributed by atoms with Gasteiger partial charge in [-0.2, -0.15) is 5.10 Å². The summed E-state index contributed by atoms with van der Waals surface area (Å²) in [6.45, 7) is 8.88. The fourth-order valence-electron chi connectivity index (χ4n) is 4.25. The van der Waals surface area contributed by atoms with Crippen LogP contribution < -0.4 is 5.32 Å². The van der Waals surface area contributed by atoms with Crippen LogP contribution in [0.2, 0.25) is 0 Å². The van der Waals surface area contributed by atoms with E-state index in [0.717, 1.165) is 35.6 Å². The van der Waals surface area contributed by atoms with Crippen molar-refractivity contribution in [2.24, 2.45) is 0 Å². The number of pyridine rings is 1. The highest BCUT2D eigenvalue weighted by molar-refractivity contribution is 5.74. The van der Waals surface area contributed by atoms with Crippen LogP contribution in [-0.4, -0.2) is 63.8 Å². The van der Waals surface area contributed by atoms with Crippen molar-refractivity contribution < 1.29 is 9.53 Å². The first-order valence-corrected chi connectivity index (χ1v) is 11.7.